The number of hydrogen-bond acceptors (Lipinski definition) is 3. The van der Waals surface area contributed by atoms with E-state index in [1.165, 1.54) is 11.8 Å². The number of halogens is 1. The van der Waals surface area contributed by atoms with Crippen LogP contribution in [0.2, 0.25) is 0 Å². The van der Waals surface area contributed by atoms with E-state index in [0.29, 0.717) is 17.3 Å². The SMILES string of the molecule is CCCC(C)C1(CC)C(=O)N=C(SCc2cccc(Br)c2)NC1=O. The Morgan fingerprint density at radius 3 is 2.67 bits per heavy atom. The Balaban J connectivity index is 2.14. The van der Waals surface area contributed by atoms with Crippen LogP contribution in [-0.2, 0) is 15.3 Å². The summed E-state index contributed by atoms with van der Waals surface area (Å²) in [5.74, 6) is 0.129. The molecule has 2 unspecified atom stereocenters. The van der Waals surface area contributed by atoms with Crippen LogP contribution in [0.25, 0.3) is 0 Å². The van der Waals surface area contributed by atoms with Crippen molar-refractivity contribution in [2.45, 2.75) is 45.8 Å². The van der Waals surface area contributed by atoms with Crippen LogP contribution in [0.4, 0.5) is 0 Å². The molecule has 1 aromatic carbocycles. The lowest BCUT2D eigenvalue weighted by molar-refractivity contribution is -0.145. The molecule has 1 aromatic rings. The van der Waals surface area contributed by atoms with Gasteiger partial charge in [-0.05, 0) is 36.5 Å². The zero-order valence-corrected chi connectivity index (χ0v) is 16.7. The molecule has 1 aliphatic heterocycles. The molecule has 0 aliphatic carbocycles. The lowest BCUT2D eigenvalue weighted by Gasteiger charge is -2.36. The standard InChI is InChI=1S/C18H23BrN2O2S/c1-4-7-12(3)18(5-2)15(22)20-17(21-16(18)23)24-11-13-8-6-9-14(19)10-13/h6,8-10,12H,4-5,7,11H2,1-3H3,(H,20,21,22,23). The number of benzene rings is 1. The summed E-state index contributed by atoms with van der Waals surface area (Å²) >= 11 is 4.82. The van der Waals surface area contributed by atoms with Gasteiger partial charge in [0.1, 0.15) is 5.41 Å². The van der Waals surface area contributed by atoms with E-state index in [9.17, 15) is 9.59 Å². The van der Waals surface area contributed by atoms with Crippen LogP contribution in [0.5, 0.6) is 0 Å². The Bertz CT molecular complexity index is 662. The maximum atomic E-state index is 12.7. The number of nitrogens with zero attached hydrogens (tertiary/aromatic N) is 1. The first kappa shape index (κ1) is 19.2. The number of amides is 2. The first-order valence-corrected chi connectivity index (χ1v) is 10.0. The summed E-state index contributed by atoms with van der Waals surface area (Å²) in [6, 6.07) is 7.94. The molecule has 1 N–H and O–H groups in total. The highest BCUT2D eigenvalue weighted by Crippen LogP contribution is 2.38. The van der Waals surface area contributed by atoms with Crippen LogP contribution in [-0.4, -0.2) is 17.0 Å². The average molecular weight is 411 g/mol. The number of carbonyl (C=O) groups is 2. The van der Waals surface area contributed by atoms with E-state index >= 15 is 0 Å². The van der Waals surface area contributed by atoms with E-state index in [2.05, 4.69) is 33.2 Å². The highest BCUT2D eigenvalue weighted by molar-refractivity contribution is 9.10. The van der Waals surface area contributed by atoms with Gasteiger partial charge in [-0.15, -0.1) is 0 Å². The predicted octanol–water partition coefficient (Wildman–Crippen LogP) is 4.53. The fourth-order valence-corrected chi connectivity index (χ4v) is 4.39. The number of rotatable bonds is 6. The summed E-state index contributed by atoms with van der Waals surface area (Å²) in [5.41, 5.74) is 0.0843. The highest BCUT2D eigenvalue weighted by atomic mass is 79.9. The molecule has 2 atom stereocenters. The van der Waals surface area contributed by atoms with Crippen molar-refractivity contribution in [3.63, 3.8) is 0 Å². The fraction of sp³-hybridized carbons (Fsp3) is 0.500. The van der Waals surface area contributed by atoms with E-state index in [0.717, 1.165) is 22.9 Å². The zero-order valence-electron chi connectivity index (χ0n) is 14.3. The fourth-order valence-electron chi connectivity index (χ4n) is 3.15. The number of carbonyl (C=O) groups excluding carboxylic acids is 2. The first-order valence-electron chi connectivity index (χ1n) is 8.25. The van der Waals surface area contributed by atoms with Gasteiger partial charge in [-0.3, -0.25) is 9.59 Å². The van der Waals surface area contributed by atoms with Gasteiger partial charge in [0.2, 0.25) is 5.91 Å². The van der Waals surface area contributed by atoms with Crippen molar-refractivity contribution >= 4 is 44.7 Å². The lowest BCUT2D eigenvalue weighted by atomic mass is 9.70. The Labute approximate surface area is 156 Å². The van der Waals surface area contributed by atoms with Crippen LogP contribution in [0.1, 0.15) is 45.6 Å². The van der Waals surface area contributed by atoms with Gasteiger partial charge in [-0.2, -0.15) is 4.99 Å². The van der Waals surface area contributed by atoms with Gasteiger partial charge in [0, 0.05) is 10.2 Å². The van der Waals surface area contributed by atoms with Gasteiger partial charge in [-0.1, -0.05) is 67.0 Å². The Morgan fingerprint density at radius 2 is 2.08 bits per heavy atom. The van der Waals surface area contributed by atoms with Crippen LogP contribution in [0, 0.1) is 11.3 Å². The Morgan fingerprint density at radius 1 is 1.33 bits per heavy atom. The van der Waals surface area contributed by atoms with Crippen molar-refractivity contribution < 1.29 is 9.59 Å². The third kappa shape index (κ3) is 3.91. The van der Waals surface area contributed by atoms with Crippen molar-refractivity contribution in [2.24, 2.45) is 16.3 Å². The molecule has 130 valence electrons. The molecule has 1 aliphatic rings. The average Bonchev–Trinajstić information content (AvgIpc) is 2.53. The largest absolute Gasteiger partial charge is 0.304 e. The summed E-state index contributed by atoms with van der Waals surface area (Å²) in [4.78, 5) is 29.6. The van der Waals surface area contributed by atoms with E-state index in [-0.39, 0.29) is 17.7 Å². The molecule has 0 spiro atoms. The van der Waals surface area contributed by atoms with Gasteiger partial charge >= 0.3 is 0 Å². The van der Waals surface area contributed by atoms with E-state index in [1.807, 2.05) is 38.1 Å². The summed E-state index contributed by atoms with van der Waals surface area (Å²) in [6.07, 6.45) is 2.26. The minimum Gasteiger partial charge on any atom is -0.304 e. The molecule has 1 heterocycles. The second kappa shape index (κ2) is 8.30. The number of hydrogen-bond donors (Lipinski definition) is 1. The Hall–Kier alpha value is -1.14. The smallest absolute Gasteiger partial charge is 0.264 e. The molecule has 24 heavy (non-hydrogen) atoms. The van der Waals surface area contributed by atoms with Gasteiger partial charge in [0.15, 0.2) is 5.17 Å². The summed E-state index contributed by atoms with van der Waals surface area (Å²) in [7, 11) is 0. The lowest BCUT2D eigenvalue weighted by Crippen LogP contribution is -2.54. The molecule has 6 heteroatoms. The topological polar surface area (TPSA) is 58.5 Å². The molecular formula is C18H23BrN2O2S. The van der Waals surface area contributed by atoms with Gasteiger partial charge < -0.3 is 5.32 Å². The van der Waals surface area contributed by atoms with Crippen LogP contribution in [0.15, 0.2) is 33.7 Å². The summed E-state index contributed by atoms with van der Waals surface area (Å²) < 4.78 is 1.00. The third-order valence-electron chi connectivity index (χ3n) is 4.60. The van der Waals surface area contributed by atoms with Gasteiger partial charge in [-0.25, -0.2) is 0 Å². The molecule has 2 rings (SSSR count). The van der Waals surface area contributed by atoms with Crippen molar-refractivity contribution in [1.82, 2.24) is 5.32 Å². The molecule has 0 saturated heterocycles. The van der Waals surface area contributed by atoms with Crippen molar-refractivity contribution in [3.8, 4) is 0 Å². The number of amidine groups is 1. The van der Waals surface area contributed by atoms with E-state index in [1.54, 1.807) is 0 Å². The van der Waals surface area contributed by atoms with Gasteiger partial charge in [0.25, 0.3) is 5.91 Å². The second-order valence-electron chi connectivity index (χ2n) is 6.11. The predicted molar refractivity (Wildman–Crippen MR) is 103 cm³/mol. The molecular weight excluding hydrogens is 388 g/mol. The number of nitrogens with one attached hydrogen (secondary N) is 1. The molecule has 0 radical (unpaired) electrons. The monoisotopic (exact) mass is 410 g/mol. The van der Waals surface area contributed by atoms with Crippen molar-refractivity contribution in [3.05, 3.63) is 34.3 Å². The van der Waals surface area contributed by atoms with Crippen LogP contribution < -0.4 is 5.32 Å². The quantitative estimate of drug-likeness (QED) is 0.700. The first-order chi connectivity index (χ1) is 11.4. The maximum absolute atomic E-state index is 12.7. The summed E-state index contributed by atoms with van der Waals surface area (Å²) in [6.45, 7) is 5.92. The molecule has 0 bridgehead atoms. The highest BCUT2D eigenvalue weighted by Gasteiger charge is 2.51. The summed E-state index contributed by atoms with van der Waals surface area (Å²) in [5, 5.41) is 3.25. The second-order valence-corrected chi connectivity index (χ2v) is 7.99. The van der Waals surface area contributed by atoms with Crippen molar-refractivity contribution in [2.75, 3.05) is 0 Å². The molecule has 2 amide bonds. The third-order valence-corrected chi connectivity index (χ3v) is 6.03. The van der Waals surface area contributed by atoms with Crippen molar-refractivity contribution in [1.29, 1.82) is 0 Å². The van der Waals surface area contributed by atoms with E-state index < -0.39 is 5.41 Å². The van der Waals surface area contributed by atoms with E-state index in [4.69, 9.17) is 0 Å². The molecule has 0 aromatic heterocycles. The van der Waals surface area contributed by atoms with Gasteiger partial charge in [0.05, 0.1) is 0 Å². The molecule has 0 saturated carbocycles. The normalized spacial score (nSPS) is 22.1. The number of thioether (sulfide) groups is 1. The van der Waals surface area contributed by atoms with Crippen LogP contribution >= 0.6 is 27.7 Å². The minimum atomic E-state index is -1.02. The van der Waals surface area contributed by atoms with Crippen LogP contribution in [0.3, 0.4) is 0 Å². The Kier molecular flexibility index (Phi) is 6.63. The molecule has 0 fully saturated rings. The minimum absolute atomic E-state index is 0.0135. The number of aliphatic imine (C=N–C) groups is 1. The maximum Gasteiger partial charge on any atom is 0.264 e. The molecule has 4 nitrogen and oxygen atoms in total. The zero-order chi connectivity index (χ0) is 17.7.